The van der Waals surface area contributed by atoms with Crippen LogP contribution in [0.15, 0.2) is 60.6 Å². The molecule has 0 spiro atoms. The number of halogens is 3. The highest BCUT2D eigenvalue weighted by molar-refractivity contribution is 5.39. The van der Waals surface area contributed by atoms with Gasteiger partial charge in [0.05, 0.1) is 6.54 Å². The molecule has 2 aromatic rings. The topological polar surface area (TPSA) is 48.3 Å². The van der Waals surface area contributed by atoms with Gasteiger partial charge in [0, 0.05) is 30.8 Å². The van der Waals surface area contributed by atoms with Gasteiger partial charge in [-0.05, 0) is 30.4 Å². The van der Waals surface area contributed by atoms with Crippen molar-refractivity contribution in [2.75, 3.05) is 7.11 Å². The second kappa shape index (κ2) is 7.02. The second-order valence-corrected chi connectivity index (χ2v) is 5.34. The maximum Gasteiger partial charge on any atom is 0.387 e. The number of aromatic nitrogens is 2. The number of dihydropyridines is 1. The lowest BCUT2D eigenvalue weighted by Crippen LogP contribution is -2.44. The van der Waals surface area contributed by atoms with Crippen molar-refractivity contribution in [1.82, 2.24) is 15.1 Å². The summed E-state index contributed by atoms with van der Waals surface area (Å²) >= 11 is 0. The van der Waals surface area contributed by atoms with Gasteiger partial charge in [0.1, 0.15) is 0 Å². The Kier molecular flexibility index (Phi) is 4.80. The number of hydrogen-bond acceptors (Lipinski definition) is 4. The standard InChI is InChI=1S/C17H16F3N3O2/c1-24-17(12-5-6-14(18)15(10-12)25-16(19)20)7-2-4-13(22-17)11-23-9-3-8-21-23/h2-10,16,22H,11H2,1H3. The third-order valence-electron chi connectivity index (χ3n) is 3.76. The lowest BCUT2D eigenvalue weighted by Gasteiger charge is -2.35. The summed E-state index contributed by atoms with van der Waals surface area (Å²) in [5.41, 5.74) is 0.0774. The lowest BCUT2D eigenvalue weighted by atomic mass is 9.98. The molecule has 25 heavy (non-hydrogen) atoms. The quantitative estimate of drug-likeness (QED) is 0.869. The average Bonchev–Trinajstić information content (AvgIpc) is 3.09. The first kappa shape index (κ1) is 17.1. The molecule has 3 rings (SSSR count). The largest absolute Gasteiger partial charge is 0.432 e. The van der Waals surface area contributed by atoms with Gasteiger partial charge in [-0.1, -0.05) is 12.1 Å². The molecule has 1 aliphatic rings. The van der Waals surface area contributed by atoms with E-state index < -0.39 is 23.9 Å². The van der Waals surface area contributed by atoms with Crippen LogP contribution in [-0.2, 0) is 17.0 Å². The minimum Gasteiger partial charge on any atom is -0.432 e. The van der Waals surface area contributed by atoms with Gasteiger partial charge in [-0.15, -0.1) is 0 Å². The Labute approximate surface area is 142 Å². The van der Waals surface area contributed by atoms with Crippen molar-refractivity contribution in [3.05, 3.63) is 72.0 Å². The molecule has 0 saturated heterocycles. The lowest BCUT2D eigenvalue weighted by molar-refractivity contribution is -0.0528. The molecule has 1 aromatic carbocycles. The minimum atomic E-state index is -3.12. The minimum absolute atomic E-state index is 0.425. The third-order valence-corrected chi connectivity index (χ3v) is 3.76. The number of alkyl halides is 2. The maximum atomic E-state index is 13.7. The van der Waals surface area contributed by atoms with Gasteiger partial charge in [0.15, 0.2) is 17.3 Å². The fourth-order valence-electron chi connectivity index (χ4n) is 2.61. The van der Waals surface area contributed by atoms with Crippen molar-refractivity contribution in [2.24, 2.45) is 0 Å². The molecule has 5 nitrogen and oxygen atoms in total. The molecule has 1 aliphatic heterocycles. The predicted octanol–water partition coefficient (Wildman–Crippen LogP) is 3.17. The fraction of sp³-hybridized carbons (Fsp3) is 0.235. The molecule has 0 fully saturated rings. The van der Waals surface area contributed by atoms with E-state index >= 15 is 0 Å². The first-order valence-electron chi connectivity index (χ1n) is 7.46. The number of rotatable bonds is 6. The number of nitrogens with one attached hydrogen (secondary N) is 1. The highest BCUT2D eigenvalue weighted by Gasteiger charge is 2.32. The maximum absolute atomic E-state index is 13.7. The van der Waals surface area contributed by atoms with Crippen LogP contribution in [0.1, 0.15) is 5.56 Å². The average molecular weight is 351 g/mol. The van der Waals surface area contributed by atoms with E-state index in [0.29, 0.717) is 12.1 Å². The van der Waals surface area contributed by atoms with Gasteiger partial charge >= 0.3 is 6.61 Å². The first-order valence-corrected chi connectivity index (χ1v) is 7.46. The zero-order valence-electron chi connectivity index (χ0n) is 13.3. The van der Waals surface area contributed by atoms with Gasteiger partial charge in [-0.25, -0.2) is 4.39 Å². The summed E-state index contributed by atoms with van der Waals surface area (Å²) in [5, 5.41) is 7.33. The van der Waals surface area contributed by atoms with E-state index in [4.69, 9.17) is 4.74 Å². The number of hydrogen-bond donors (Lipinski definition) is 1. The number of ether oxygens (including phenoxy) is 2. The van der Waals surface area contributed by atoms with Crippen molar-refractivity contribution in [3.63, 3.8) is 0 Å². The fourth-order valence-corrected chi connectivity index (χ4v) is 2.61. The SMILES string of the molecule is COC1(c2ccc(F)c(OC(F)F)c2)C=CC=C(Cn2cccn2)N1. The van der Waals surface area contributed by atoms with Crippen LogP contribution in [0.2, 0.25) is 0 Å². The molecule has 0 aliphatic carbocycles. The molecular weight excluding hydrogens is 335 g/mol. The highest BCUT2D eigenvalue weighted by atomic mass is 19.3. The van der Waals surface area contributed by atoms with Crippen LogP contribution in [0, 0.1) is 5.82 Å². The van der Waals surface area contributed by atoms with E-state index in [9.17, 15) is 13.2 Å². The molecule has 8 heteroatoms. The smallest absolute Gasteiger partial charge is 0.387 e. The summed E-state index contributed by atoms with van der Waals surface area (Å²) in [6, 6.07) is 5.51. The van der Waals surface area contributed by atoms with E-state index in [1.54, 1.807) is 29.1 Å². The summed E-state index contributed by atoms with van der Waals surface area (Å²) in [5.74, 6) is -1.41. The Morgan fingerprint density at radius 2 is 2.20 bits per heavy atom. The molecule has 1 aromatic heterocycles. The first-order chi connectivity index (χ1) is 12.0. The van der Waals surface area contributed by atoms with Crippen LogP contribution in [0.5, 0.6) is 5.75 Å². The molecule has 0 bridgehead atoms. The molecular formula is C17H16F3N3O2. The molecule has 1 unspecified atom stereocenters. The van der Waals surface area contributed by atoms with E-state index in [2.05, 4.69) is 15.2 Å². The Hall–Kier alpha value is -2.74. The number of allylic oxidation sites excluding steroid dienone is 3. The van der Waals surface area contributed by atoms with Crippen molar-refractivity contribution in [1.29, 1.82) is 0 Å². The number of nitrogens with zero attached hydrogens (tertiary/aromatic N) is 2. The molecule has 1 N–H and O–H groups in total. The van der Waals surface area contributed by atoms with E-state index in [1.165, 1.54) is 19.2 Å². The summed E-state index contributed by atoms with van der Waals surface area (Å²) in [6.07, 6.45) is 8.80. The molecule has 0 radical (unpaired) electrons. The Morgan fingerprint density at radius 1 is 1.36 bits per heavy atom. The summed E-state index contributed by atoms with van der Waals surface area (Å²) in [7, 11) is 1.46. The van der Waals surface area contributed by atoms with Gasteiger partial charge < -0.3 is 14.8 Å². The van der Waals surface area contributed by atoms with E-state index in [0.717, 1.165) is 11.8 Å². The van der Waals surface area contributed by atoms with Crippen molar-refractivity contribution in [2.45, 2.75) is 18.9 Å². The monoisotopic (exact) mass is 351 g/mol. The van der Waals surface area contributed by atoms with Crippen LogP contribution in [0.4, 0.5) is 13.2 Å². The zero-order valence-corrected chi connectivity index (χ0v) is 13.3. The van der Waals surface area contributed by atoms with Gasteiger partial charge in [-0.2, -0.15) is 13.9 Å². The number of benzene rings is 1. The molecule has 132 valence electrons. The van der Waals surface area contributed by atoms with E-state index in [-0.39, 0.29) is 0 Å². The van der Waals surface area contributed by atoms with Crippen LogP contribution < -0.4 is 10.1 Å². The Morgan fingerprint density at radius 3 is 2.88 bits per heavy atom. The number of methoxy groups -OCH3 is 1. The molecule has 0 saturated carbocycles. The molecule has 2 heterocycles. The molecule has 0 amide bonds. The summed E-state index contributed by atoms with van der Waals surface area (Å²) in [4.78, 5) is 0. The summed E-state index contributed by atoms with van der Waals surface area (Å²) in [6.45, 7) is -2.65. The highest BCUT2D eigenvalue weighted by Crippen LogP contribution is 2.32. The molecule has 1 atom stereocenters. The van der Waals surface area contributed by atoms with Gasteiger partial charge in [0.25, 0.3) is 0 Å². The van der Waals surface area contributed by atoms with Crippen LogP contribution in [0.3, 0.4) is 0 Å². The third kappa shape index (κ3) is 3.69. The van der Waals surface area contributed by atoms with Gasteiger partial charge in [-0.3, -0.25) is 4.68 Å². The Balaban J connectivity index is 1.88. The van der Waals surface area contributed by atoms with Gasteiger partial charge in [0.2, 0.25) is 0 Å². The Bertz CT molecular complexity index is 790. The van der Waals surface area contributed by atoms with Crippen molar-refractivity contribution in [3.8, 4) is 5.75 Å². The van der Waals surface area contributed by atoms with Crippen LogP contribution >= 0.6 is 0 Å². The summed E-state index contributed by atoms with van der Waals surface area (Å²) < 4.78 is 50.1. The predicted molar refractivity (Wildman–Crippen MR) is 84.3 cm³/mol. The second-order valence-electron chi connectivity index (χ2n) is 5.34. The zero-order chi connectivity index (χ0) is 17.9. The van der Waals surface area contributed by atoms with Crippen molar-refractivity contribution >= 4 is 0 Å². The van der Waals surface area contributed by atoms with Crippen LogP contribution in [0.25, 0.3) is 0 Å². The van der Waals surface area contributed by atoms with E-state index in [1.807, 2.05) is 12.3 Å². The normalized spacial score (nSPS) is 19.6. The van der Waals surface area contributed by atoms with Crippen molar-refractivity contribution < 1.29 is 22.6 Å². The van der Waals surface area contributed by atoms with Crippen LogP contribution in [-0.4, -0.2) is 23.5 Å².